The van der Waals surface area contributed by atoms with Crippen molar-refractivity contribution in [3.05, 3.63) is 132 Å². The lowest BCUT2D eigenvalue weighted by molar-refractivity contribution is 1.01. The minimum Gasteiger partial charge on any atom is -0.380 e. The minimum atomic E-state index is 0.503. The summed E-state index contributed by atoms with van der Waals surface area (Å²) in [7, 11) is 0. The average molecular weight is 466 g/mol. The Morgan fingerprint density at radius 1 is 0.611 bits per heavy atom. The lowest BCUT2D eigenvalue weighted by Crippen LogP contribution is -2.02. The van der Waals surface area contributed by atoms with Gasteiger partial charge in [0.2, 0.25) is 0 Å². The zero-order valence-corrected chi connectivity index (χ0v) is 20.1. The summed E-state index contributed by atoms with van der Waals surface area (Å²) >= 11 is 0. The van der Waals surface area contributed by atoms with Crippen molar-refractivity contribution >= 4 is 5.69 Å². The monoisotopic (exact) mass is 465 g/mol. The Balaban J connectivity index is 1.61. The van der Waals surface area contributed by atoms with E-state index in [1.54, 1.807) is 0 Å². The third-order valence-electron chi connectivity index (χ3n) is 6.21. The summed E-state index contributed by atoms with van der Waals surface area (Å²) in [4.78, 5) is 5.02. The van der Waals surface area contributed by atoms with Crippen LogP contribution in [0.25, 0.3) is 33.6 Å². The van der Waals surface area contributed by atoms with Crippen LogP contribution in [0.15, 0.2) is 121 Å². The van der Waals surface area contributed by atoms with Crippen molar-refractivity contribution in [2.75, 3.05) is 5.32 Å². The van der Waals surface area contributed by atoms with Crippen LogP contribution < -0.4 is 5.32 Å². The molecule has 0 unspecified atom stereocenters. The first-order chi connectivity index (χ1) is 17.8. The summed E-state index contributed by atoms with van der Waals surface area (Å²) in [6.45, 7) is 0.720. The molecule has 4 aromatic carbocycles. The zero-order chi connectivity index (χ0) is 24.6. The fourth-order valence-corrected chi connectivity index (χ4v) is 4.34. The molecule has 0 fully saturated rings. The van der Waals surface area contributed by atoms with E-state index in [1.165, 1.54) is 5.56 Å². The molecule has 1 heterocycles. The lowest BCUT2D eigenvalue weighted by Gasteiger charge is -2.16. The van der Waals surface area contributed by atoms with Crippen molar-refractivity contribution in [3.63, 3.8) is 0 Å². The summed E-state index contributed by atoms with van der Waals surface area (Å²) in [6, 6.07) is 44.1. The van der Waals surface area contributed by atoms with Crippen LogP contribution in [0.1, 0.15) is 17.5 Å². The Kier molecular flexibility index (Phi) is 7.16. The summed E-state index contributed by atoms with van der Waals surface area (Å²) in [6.07, 6.45) is 1.24. The van der Waals surface area contributed by atoms with Gasteiger partial charge in [-0.3, -0.25) is 0 Å². The van der Waals surface area contributed by atoms with E-state index in [0.29, 0.717) is 6.42 Å². The maximum atomic E-state index is 9.09. The number of rotatable bonds is 8. The molecule has 0 saturated heterocycles. The van der Waals surface area contributed by atoms with Crippen molar-refractivity contribution in [3.8, 4) is 39.7 Å². The second kappa shape index (κ2) is 11.2. The van der Waals surface area contributed by atoms with Crippen LogP contribution in [0.2, 0.25) is 0 Å². The fraction of sp³-hybridized carbons (Fsp3) is 0.0909. The second-order valence-electron chi connectivity index (χ2n) is 8.74. The van der Waals surface area contributed by atoms with Gasteiger partial charge in [-0.15, -0.1) is 0 Å². The summed E-state index contributed by atoms with van der Waals surface area (Å²) in [5, 5.41) is 12.7. The van der Waals surface area contributed by atoms with Crippen molar-refractivity contribution in [2.45, 2.75) is 19.4 Å². The van der Waals surface area contributed by atoms with Crippen molar-refractivity contribution in [1.29, 1.82) is 5.26 Å². The van der Waals surface area contributed by atoms with Gasteiger partial charge in [0.1, 0.15) is 0 Å². The van der Waals surface area contributed by atoms with Crippen LogP contribution in [-0.4, -0.2) is 4.98 Å². The number of pyridine rings is 1. The molecule has 5 aromatic rings. The number of nitriles is 1. The standard InChI is InChI=1S/C33H27N3/c34-20-10-13-25-18-19-30(33(21-25)35-24-26-11-4-1-5-12-26)29-22-31(27-14-6-2-7-15-27)36-32(23-29)28-16-8-3-9-17-28/h1-9,11-12,14-19,21-23,35H,10,13,24H2. The molecule has 0 aliphatic carbocycles. The number of aryl methyl sites for hydroxylation is 1. The topological polar surface area (TPSA) is 48.7 Å². The van der Waals surface area contributed by atoms with E-state index in [-0.39, 0.29) is 0 Å². The summed E-state index contributed by atoms with van der Waals surface area (Å²) in [5.41, 5.74) is 9.69. The third kappa shape index (κ3) is 5.51. The van der Waals surface area contributed by atoms with Crippen LogP contribution in [0, 0.1) is 11.3 Å². The molecule has 0 amide bonds. The maximum absolute atomic E-state index is 9.09. The minimum absolute atomic E-state index is 0.503. The molecule has 0 radical (unpaired) electrons. The first kappa shape index (κ1) is 23.1. The number of hydrogen-bond donors (Lipinski definition) is 1. The lowest BCUT2D eigenvalue weighted by atomic mass is 9.96. The Morgan fingerprint density at radius 3 is 1.78 bits per heavy atom. The molecular weight excluding hydrogens is 438 g/mol. The molecule has 3 nitrogen and oxygen atoms in total. The van der Waals surface area contributed by atoms with E-state index in [1.807, 2.05) is 42.5 Å². The van der Waals surface area contributed by atoms with Crippen LogP contribution in [0.5, 0.6) is 0 Å². The molecular formula is C33H27N3. The average Bonchev–Trinajstić information content (AvgIpc) is 2.96. The van der Waals surface area contributed by atoms with Crippen LogP contribution >= 0.6 is 0 Å². The van der Waals surface area contributed by atoms with E-state index in [4.69, 9.17) is 10.2 Å². The fourth-order valence-electron chi connectivity index (χ4n) is 4.34. The molecule has 174 valence electrons. The van der Waals surface area contributed by atoms with Gasteiger partial charge in [0.05, 0.1) is 17.5 Å². The SMILES string of the molecule is N#CCCc1ccc(-c2cc(-c3ccccc3)nc(-c3ccccc3)c2)c(NCc2ccccc2)c1. The highest BCUT2D eigenvalue weighted by atomic mass is 14.9. The van der Waals surface area contributed by atoms with Gasteiger partial charge in [0.15, 0.2) is 0 Å². The molecule has 5 rings (SSSR count). The highest BCUT2D eigenvalue weighted by molar-refractivity contribution is 5.83. The Morgan fingerprint density at radius 2 is 1.19 bits per heavy atom. The molecule has 1 N–H and O–H groups in total. The quantitative estimate of drug-likeness (QED) is 0.251. The number of nitrogens with zero attached hydrogens (tertiary/aromatic N) is 2. The third-order valence-corrected chi connectivity index (χ3v) is 6.21. The highest BCUT2D eigenvalue weighted by Gasteiger charge is 2.12. The van der Waals surface area contributed by atoms with Gasteiger partial charge in [-0.1, -0.05) is 103 Å². The highest BCUT2D eigenvalue weighted by Crippen LogP contribution is 2.35. The number of hydrogen-bond acceptors (Lipinski definition) is 3. The van der Waals surface area contributed by atoms with Gasteiger partial charge in [0, 0.05) is 35.3 Å². The van der Waals surface area contributed by atoms with Crippen molar-refractivity contribution < 1.29 is 0 Å². The molecule has 0 bridgehead atoms. The van der Waals surface area contributed by atoms with Crippen LogP contribution in [0.3, 0.4) is 0 Å². The van der Waals surface area contributed by atoms with Gasteiger partial charge in [0.25, 0.3) is 0 Å². The van der Waals surface area contributed by atoms with Gasteiger partial charge in [-0.25, -0.2) is 4.98 Å². The Hall–Kier alpha value is -4.68. The molecule has 36 heavy (non-hydrogen) atoms. The van der Waals surface area contributed by atoms with Gasteiger partial charge < -0.3 is 5.32 Å². The van der Waals surface area contributed by atoms with Gasteiger partial charge in [-0.05, 0) is 41.3 Å². The number of benzene rings is 4. The van der Waals surface area contributed by atoms with Gasteiger partial charge >= 0.3 is 0 Å². The maximum Gasteiger partial charge on any atom is 0.0715 e. The largest absolute Gasteiger partial charge is 0.380 e. The smallest absolute Gasteiger partial charge is 0.0715 e. The van der Waals surface area contributed by atoms with Crippen LogP contribution in [-0.2, 0) is 13.0 Å². The molecule has 0 spiro atoms. The zero-order valence-electron chi connectivity index (χ0n) is 20.1. The van der Waals surface area contributed by atoms with Crippen molar-refractivity contribution in [2.24, 2.45) is 0 Å². The predicted octanol–water partition coefficient (Wildman–Crippen LogP) is 8.15. The first-order valence-corrected chi connectivity index (χ1v) is 12.2. The van der Waals surface area contributed by atoms with E-state index in [0.717, 1.165) is 57.9 Å². The Labute approximate surface area is 212 Å². The van der Waals surface area contributed by atoms with Gasteiger partial charge in [-0.2, -0.15) is 5.26 Å². The van der Waals surface area contributed by atoms with Crippen molar-refractivity contribution in [1.82, 2.24) is 4.98 Å². The number of nitrogens with one attached hydrogen (secondary N) is 1. The molecule has 1 aromatic heterocycles. The first-order valence-electron chi connectivity index (χ1n) is 12.2. The Bertz CT molecular complexity index is 1410. The molecule has 0 saturated carbocycles. The number of aromatic nitrogens is 1. The molecule has 0 aliphatic rings. The van der Waals surface area contributed by atoms with E-state index in [9.17, 15) is 0 Å². The molecule has 3 heteroatoms. The predicted molar refractivity (Wildman–Crippen MR) is 148 cm³/mol. The normalized spacial score (nSPS) is 10.5. The number of anilines is 1. The summed E-state index contributed by atoms with van der Waals surface area (Å²) in [5.74, 6) is 0. The van der Waals surface area contributed by atoms with Crippen LogP contribution in [0.4, 0.5) is 5.69 Å². The second-order valence-corrected chi connectivity index (χ2v) is 8.74. The van der Waals surface area contributed by atoms with E-state index < -0.39 is 0 Å². The molecule has 0 atom stereocenters. The van der Waals surface area contributed by atoms with E-state index >= 15 is 0 Å². The molecule has 0 aliphatic heterocycles. The summed E-state index contributed by atoms with van der Waals surface area (Å²) < 4.78 is 0. The van der Waals surface area contributed by atoms with E-state index in [2.05, 4.69) is 90.2 Å².